The molecule has 7 heteroatoms. The van der Waals surface area contributed by atoms with Crippen LogP contribution in [0.15, 0.2) is 72.8 Å². The minimum atomic E-state index is -0.290. The highest BCUT2D eigenvalue weighted by atomic mass is 32.1. The van der Waals surface area contributed by atoms with Gasteiger partial charge in [0.25, 0.3) is 11.8 Å². The van der Waals surface area contributed by atoms with Crippen molar-refractivity contribution in [3.05, 3.63) is 78.4 Å². The molecule has 4 rings (SSSR count). The Morgan fingerprint density at radius 3 is 2.47 bits per heavy atom. The minimum Gasteiger partial charge on any atom is -0.483 e. The lowest BCUT2D eigenvalue weighted by molar-refractivity contribution is -0.118. The van der Waals surface area contributed by atoms with Crippen LogP contribution in [0.5, 0.6) is 5.75 Å². The lowest BCUT2D eigenvalue weighted by Gasteiger charge is -2.10. The van der Waals surface area contributed by atoms with E-state index in [1.54, 1.807) is 42.6 Å². The van der Waals surface area contributed by atoms with E-state index >= 15 is 0 Å². The maximum absolute atomic E-state index is 12.3. The zero-order valence-corrected chi connectivity index (χ0v) is 17.0. The van der Waals surface area contributed by atoms with Gasteiger partial charge in [0.05, 0.1) is 15.8 Å². The van der Waals surface area contributed by atoms with E-state index in [4.69, 9.17) is 4.74 Å². The number of rotatable bonds is 6. The molecule has 3 aromatic carbocycles. The van der Waals surface area contributed by atoms with Crippen molar-refractivity contribution in [3.63, 3.8) is 0 Å². The van der Waals surface area contributed by atoms with Gasteiger partial charge in [-0.25, -0.2) is 4.98 Å². The number of nitrogens with one attached hydrogen (secondary N) is 2. The van der Waals surface area contributed by atoms with Crippen LogP contribution in [0.2, 0.25) is 0 Å². The van der Waals surface area contributed by atoms with E-state index in [2.05, 4.69) is 15.6 Å². The molecule has 30 heavy (non-hydrogen) atoms. The largest absolute Gasteiger partial charge is 0.483 e. The molecule has 0 aliphatic heterocycles. The second kappa shape index (κ2) is 8.75. The molecular formula is C23H19N3O3S. The maximum atomic E-state index is 12.3. The normalized spacial score (nSPS) is 10.6. The molecule has 0 saturated heterocycles. The first-order valence-electron chi connectivity index (χ1n) is 9.34. The molecule has 0 spiro atoms. The van der Waals surface area contributed by atoms with E-state index in [0.717, 1.165) is 20.8 Å². The molecule has 0 atom stereocenters. The van der Waals surface area contributed by atoms with E-state index in [-0.39, 0.29) is 18.4 Å². The highest BCUT2D eigenvalue weighted by molar-refractivity contribution is 7.21. The molecule has 0 saturated carbocycles. The van der Waals surface area contributed by atoms with E-state index in [1.165, 1.54) is 0 Å². The molecule has 2 amide bonds. The smallest absolute Gasteiger partial charge is 0.262 e. The molecule has 0 aliphatic rings. The summed E-state index contributed by atoms with van der Waals surface area (Å²) in [6, 6.07) is 22.1. The Kier molecular flexibility index (Phi) is 5.72. The van der Waals surface area contributed by atoms with Gasteiger partial charge in [0.2, 0.25) is 0 Å². The van der Waals surface area contributed by atoms with Gasteiger partial charge in [0.15, 0.2) is 6.61 Å². The molecule has 0 unspecified atom stereocenters. The summed E-state index contributed by atoms with van der Waals surface area (Å²) in [5.74, 6) is 0.131. The molecule has 0 fully saturated rings. The number of thiazole rings is 1. The summed E-state index contributed by atoms with van der Waals surface area (Å²) < 4.78 is 6.89. The maximum Gasteiger partial charge on any atom is 0.262 e. The predicted molar refractivity (Wildman–Crippen MR) is 119 cm³/mol. The van der Waals surface area contributed by atoms with Crippen molar-refractivity contribution in [2.75, 3.05) is 19.0 Å². The number of ether oxygens (including phenoxy) is 1. The van der Waals surface area contributed by atoms with Crippen LogP contribution in [0, 0.1) is 0 Å². The molecule has 0 aliphatic carbocycles. The second-order valence-corrected chi connectivity index (χ2v) is 7.51. The summed E-state index contributed by atoms with van der Waals surface area (Å²) in [5.41, 5.74) is 2.90. The Bertz CT molecular complexity index is 1170. The number of carbonyl (C=O) groups excluding carboxylic acids is 2. The van der Waals surface area contributed by atoms with Crippen LogP contribution < -0.4 is 15.4 Å². The monoisotopic (exact) mass is 417 g/mol. The molecule has 2 N–H and O–H groups in total. The van der Waals surface area contributed by atoms with Crippen molar-refractivity contribution in [2.24, 2.45) is 0 Å². The van der Waals surface area contributed by atoms with Crippen molar-refractivity contribution in [3.8, 4) is 16.3 Å². The van der Waals surface area contributed by atoms with Crippen molar-refractivity contribution in [2.45, 2.75) is 0 Å². The van der Waals surface area contributed by atoms with E-state index in [9.17, 15) is 9.59 Å². The van der Waals surface area contributed by atoms with Gasteiger partial charge in [-0.3, -0.25) is 9.59 Å². The molecule has 4 aromatic rings. The lowest BCUT2D eigenvalue weighted by Crippen LogP contribution is -2.21. The van der Waals surface area contributed by atoms with Crippen LogP contribution in [0.4, 0.5) is 5.69 Å². The Labute approximate surface area is 177 Å². The minimum absolute atomic E-state index is 0.140. The Hall–Kier alpha value is -3.71. The number of hydrogen-bond acceptors (Lipinski definition) is 5. The Balaban J connectivity index is 1.44. The number of benzene rings is 3. The van der Waals surface area contributed by atoms with Crippen LogP contribution in [-0.2, 0) is 4.79 Å². The van der Waals surface area contributed by atoms with E-state index in [1.807, 2.05) is 48.5 Å². The number of carbonyl (C=O) groups is 2. The van der Waals surface area contributed by atoms with Crippen molar-refractivity contribution >= 4 is 39.1 Å². The van der Waals surface area contributed by atoms with E-state index < -0.39 is 0 Å². The van der Waals surface area contributed by atoms with Gasteiger partial charge >= 0.3 is 0 Å². The highest BCUT2D eigenvalue weighted by Crippen LogP contribution is 2.35. The van der Waals surface area contributed by atoms with Crippen LogP contribution in [0.25, 0.3) is 20.8 Å². The van der Waals surface area contributed by atoms with Crippen molar-refractivity contribution < 1.29 is 14.3 Å². The average Bonchev–Trinajstić information content (AvgIpc) is 3.22. The third kappa shape index (κ3) is 4.31. The number of hydrogen-bond donors (Lipinski definition) is 2. The number of para-hydroxylation sites is 2. The lowest BCUT2D eigenvalue weighted by atomic mass is 10.2. The quantitative estimate of drug-likeness (QED) is 0.489. The zero-order valence-electron chi connectivity index (χ0n) is 16.2. The number of fused-ring (bicyclic) bond motifs is 1. The third-order valence-electron chi connectivity index (χ3n) is 4.43. The second-order valence-electron chi connectivity index (χ2n) is 6.48. The van der Waals surface area contributed by atoms with E-state index in [0.29, 0.717) is 17.0 Å². The molecule has 150 valence electrons. The Morgan fingerprint density at radius 2 is 1.70 bits per heavy atom. The predicted octanol–water partition coefficient (Wildman–Crippen LogP) is 4.34. The molecule has 1 heterocycles. The zero-order chi connectivity index (χ0) is 20.9. The van der Waals surface area contributed by atoms with Gasteiger partial charge in [0, 0.05) is 18.3 Å². The fourth-order valence-corrected chi connectivity index (χ4v) is 3.94. The average molecular weight is 417 g/mol. The fourth-order valence-electron chi connectivity index (χ4n) is 2.95. The number of aromatic nitrogens is 1. The van der Waals surface area contributed by atoms with Crippen LogP contribution in [0.1, 0.15) is 10.4 Å². The Morgan fingerprint density at radius 1 is 0.967 bits per heavy atom. The van der Waals surface area contributed by atoms with Crippen LogP contribution in [0.3, 0.4) is 0 Å². The standard InChI is InChI=1S/C23H19N3O3S/c1-24-22(28)15-10-12-16(13-11-15)25-21(27)14-29-19-8-4-2-6-17(19)23-26-18-7-3-5-9-20(18)30-23/h2-13H,14H2,1H3,(H,24,28)(H,25,27). The SMILES string of the molecule is CNC(=O)c1ccc(NC(=O)COc2ccccc2-c2nc3ccccc3s2)cc1. The number of nitrogens with zero attached hydrogens (tertiary/aromatic N) is 1. The van der Waals surface area contributed by atoms with Crippen LogP contribution >= 0.6 is 11.3 Å². The van der Waals surface area contributed by atoms with Gasteiger partial charge in [0.1, 0.15) is 10.8 Å². The van der Waals surface area contributed by atoms with Crippen LogP contribution in [-0.4, -0.2) is 30.5 Å². The summed E-state index contributed by atoms with van der Waals surface area (Å²) in [7, 11) is 1.57. The van der Waals surface area contributed by atoms with Crippen molar-refractivity contribution in [1.82, 2.24) is 10.3 Å². The van der Waals surface area contributed by atoms with Gasteiger partial charge in [-0.15, -0.1) is 11.3 Å². The fraction of sp³-hybridized carbons (Fsp3) is 0.0870. The first kappa shape index (κ1) is 19.6. The summed E-state index contributed by atoms with van der Waals surface area (Å²) >= 11 is 1.58. The topological polar surface area (TPSA) is 80.3 Å². The van der Waals surface area contributed by atoms with Gasteiger partial charge in [-0.1, -0.05) is 24.3 Å². The molecule has 0 bridgehead atoms. The van der Waals surface area contributed by atoms with Gasteiger partial charge in [-0.2, -0.15) is 0 Å². The summed E-state index contributed by atoms with van der Waals surface area (Å²) in [6.07, 6.45) is 0. The summed E-state index contributed by atoms with van der Waals surface area (Å²) in [5, 5.41) is 6.17. The van der Waals surface area contributed by atoms with Gasteiger partial charge in [-0.05, 0) is 48.5 Å². The highest BCUT2D eigenvalue weighted by Gasteiger charge is 2.13. The first-order chi connectivity index (χ1) is 14.6. The summed E-state index contributed by atoms with van der Waals surface area (Å²) in [6.45, 7) is -0.140. The first-order valence-corrected chi connectivity index (χ1v) is 10.2. The molecular weight excluding hydrogens is 398 g/mol. The molecule has 1 aromatic heterocycles. The number of anilines is 1. The molecule has 0 radical (unpaired) electrons. The summed E-state index contributed by atoms with van der Waals surface area (Å²) in [4.78, 5) is 28.6. The number of amides is 2. The third-order valence-corrected chi connectivity index (χ3v) is 5.50. The van der Waals surface area contributed by atoms with Gasteiger partial charge < -0.3 is 15.4 Å². The van der Waals surface area contributed by atoms with Crippen molar-refractivity contribution in [1.29, 1.82) is 0 Å². The molecule has 6 nitrogen and oxygen atoms in total.